The van der Waals surface area contributed by atoms with Crippen molar-refractivity contribution in [3.05, 3.63) is 66.0 Å². The second-order valence-corrected chi connectivity index (χ2v) is 8.52. The van der Waals surface area contributed by atoms with E-state index >= 15 is 0 Å². The lowest BCUT2D eigenvalue weighted by atomic mass is 10.0. The number of para-hydroxylation sites is 1. The van der Waals surface area contributed by atoms with E-state index in [0.29, 0.717) is 30.6 Å². The van der Waals surface area contributed by atoms with Crippen LogP contribution in [0.15, 0.2) is 54.6 Å². The number of rotatable bonds is 4. The Morgan fingerprint density at radius 2 is 1.91 bits per heavy atom. The molecule has 0 aliphatic carbocycles. The van der Waals surface area contributed by atoms with Crippen molar-refractivity contribution in [2.24, 2.45) is 0 Å². The van der Waals surface area contributed by atoms with Gasteiger partial charge in [0.2, 0.25) is 11.8 Å². The molecule has 0 N–H and O–H groups in total. The number of alkyl halides is 2. The van der Waals surface area contributed by atoms with Crippen LogP contribution in [0.4, 0.5) is 18.9 Å². The number of piperidine rings is 1. The average molecular weight is 469 g/mol. The molecular formula is C25H22F3N3O3. The van der Waals surface area contributed by atoms with E-state index in [0.717, 1.165) is 16.4 Å². The van der Waals surface area contributed by atoms with Crippen LogP contribution in [0.1, 0.15) is 29.6 Å². The Labute approximate surface area is 193 Å². The van der Waals surface area contributed by atoms with Crippen molar-refractivity contribution in [2.45, 2.75) is 31.3 Å². The third kappa shape index (κ3) is 4.18. The van der Waals surface area contributed by atoms with Gasteiger partial charge < -0.3 is 14.5 Å². The summed E-state index contributed by atoms with van der Waals surface area (Å²) in [6.07, 6.45) is -1.18. The number of amides is 2. The van der Waals surface area contributed by atoms with E-state index < -0.39 is 36.7 Å². The summed E-state index contributed by atoms with van der Waals surface area (Å²) in [4.78, 5) is 32.1. The number of carbonyl (C=O) groups is 2. The summed E-state index contributed by atoms with van der Waals surface area (Å²) in [6.45, 7) is -0.182. The quantitative estimate of drug-likeness (QED) is 0.567. The predicted octanol–water partition coefficient (Wildman–Crippen LogP) is 4.43. The number of ether oxygens (including phenoxy) is 1. The van der Waals surface area contributed by atoms with Crippen LogP contribution in [-0.2, 0) is 4.79 Å². The van der Waals surface area contributed by atoms with E-state index in [4.69, 9.17) is 4.74 Å². The number of hydrogen-bond acceptors (Lipinski definition) is 4. The summed E-state index contributed by atoms with van der Waals surface area (Å²) in [5, 5.41) is 0.842. The number of halogens is 3. The molecule has 1 aromatic heterocycles. The number of anilines is 1. The molecule has 2 aliphatic rings. The molecule has 176 valence electrons. The third-order valence-corrected chi connectivity index (χ3v) is 6.26. The summed E-state index contributed by atoms with van der Waals surface area (Å²) < 4.78 is 49.5. The molecule has 2 amide bonds. The fourth-order valence-electron chi connectivity index (χ4n) is 4.37. The second kappa shape index (κ2) is 8.62. The van der Waals surface area contributed by atoms with Gasteiger partial charge >= 0.3 is 0 Å². The molecular weight excluding hydrogens is 447 g/mol. The molecule has 2 aromatic carbocycles. The Balaban J connectivity index is 1.37. The summed E-state index contributed by atoms with van der Waals surface area (Å²) in [5.41, 5.74) is 0.759. The zero-order valence-corrected chi connectivity index (χ0v) is 18.2. The van der Waals surface area contributed by atoms with E-state index in [9.17, 15) is 22.8 Å². The van der Waals surface area contributed by atoms with Crippen LogP contribution in [0, 0.1) is 5.82 Å². The van der Waals surface area contributed by atoms with Crippen LogP contribution >= 0.6 is 0 Å². The second-order valence-electron chi connectivity index (χ2n) is 8.52. The van der Waals surface area contributed by atoms with Crippen LogP contribution in [0.25, 0.3) is 10.9 Å². The first-order chi connectivity index (χ1) is 16.3. The van der Waals surface area contributed by atoms with Crippen LogP contribution in [0.2, 0.25) is 0 Å². The number of hydrogen-bond donors (Lipinski definition) is 0. The van der Waals surface area contributed by atoms with Crippen molar-refractivity contribution in [3.8, 4) is 5.88 Å². The first kappa shape index (κ1) is 22.2. The lowest BCUT2D eigenvalue weighted by molar-refractivity contribution is -0.131. The number of likely N-dealkylation sites (tertiary alicyclic amines) is 1. The topological polar surface area (TPSA) is 62.7 Å². The van der Waals surface area contributed by atoms with Crippen molar-refractivity contribution in [1.82, 2.24) is 9.88 Å². The highest BCUT2D eigenvalue weighted by molar-refractivity contribution is 5.99. The summed E-state index contributed by atoms with van der Waals surface area (Å²) in [5.74, 6) is -4.75. The van der Waals surface area contributed by atoms with Crippen LogP contribution in [-0.4, -0.2) is 53.4 Å². The first-order valence-electron chi connectivity index (χ1n) is 11.1. The van der Waals surface area contributed by atoms with Gasteiger partial charge in [-0.25, -0.2) is 18.2 Å². The van der Waals surface area contributed by atoms with Gasteiger partial charge in [0.05, 0.1) is 17.6 Å². The molecule has 1 atom stereocenters. The van der Waals surface area contributed by atoms with Crippen molar-refractivity contribution in [1.29, 1.82) is 0 Å². The summed E-state index contributed by atoms with van der Waals surface area (Å²) in [6, 6.07) is 14.3. The fraction of sp³-hybridized carbons (Fsp3) is 0.320. The SMILES string of the molecule is O=C(c1cc(N2CCCC2=O)ccc1F)N1CCC(F)(F)[C@@H](Oc2ccc3ccccc3n2)C1. The maximum absolute atomic E-state index is 14.7. The zero-order valence-electron chi connectivity index (χ0n) is 18.2. The van der Waals surface area contributed by atoms with Gasteiger partial charge in [0.15, 0.2) is 6.10 Å². The normalized spacial score (nSPS) is 20.1. The number of fused-ring (bicyclic) bond motifs is 1. The molecule has 2 saturated heterocycles. The molecule has 0 radical (unpaired) electrons. The minimum atomic E-state index is -3.19. The van der Waals surface area contributed by atoms with Gasteiger partial charge in [-0.3, -0.25) is 9.59 Å². The highest BCUT2D eigenvalue weighted by atomic mass is 19.3. The Bertz CT molecular complexity index is 1270. The fourth-order valence-corrected chi connectivity index (χ4v) is 4.37. The molecule has 3 heterocycles. The smallest absolute Gasteiger partial charge is 0.287 e. The number of aromatic nitrogens is 1. The van der Waals surface area contributed by atoms with Crippen LogP contribution in [0.3, 0.4) is 0 Å². The van der Waals surface area contributed by atoms with E-state index in [1.165, 1.54) is 23.1 Å². The van der Waals surface area contributed by atoms with E-state index in [2.05, 4.69) is 4.98 Å². The lowest BCUT2D eigenvalue weighted by Crippen LogP contribution is -2.55. The minimum absolute atomic E-state index is 0.0263. The van der Waals surface area contributed by atoms with E-state index in [-0.39, 0.29) is 23.9 Å². The minimum Gasteiger partial charge on any atom is -0.466 e. The monoisotopic (exact) mass is 469 g/mol. The van der Waals surface area contributed by atoms with Crippen molar-refractivity contribution < 1.29 is 27.5 Å². The highest BCUT2D eigenvalue weighted by Gasteiger charge is 2.47. The predicted molar refractivity (Wildman–Crippen MR) is 120 cm³/mol. The van der Waals surface area contributed by atoms with Gasteiger partial charge in [-0.2, -0.15) is 0 Å². The molecule has 9 heteroatoms. The molecule has 2 fully saturated rings. The maximum Gasteiger partial charge on any atom is 0.287 e. The molecule has 0 spiro atoms. The van der Waals surface area contributed by atoms with Gasteiger partial charge in [-0.1, -0.05) is 18.2 Å². The molecule has 0 bridgehead atoms. The standard InChI is InChI=1S/C25H22F3N3O3/c26-19-9-8-17(31-12-3-6-23(31)32)14-18(19)24(33)30-13-11-25(27,28)21(15-30)34-22-10-7-16-4-1-2-5-20(16)29-22/h1-2,4-5,7-10,14,21H,3,6,11-13,15H2/t21-/m0/s1. The van der Waals surface area contributed by atoms with Crippen molar-refractivity contribution in [3.63, 3.8) is 0 Å². The third-order valence-electron chi connectivity index (χ3n) is 6.26. The molecule has 5 rings (SSSR count). The van der Waals surface area contributed by atoms with Gasteiger partial charge in [-0.05, 0) is 36.8 Å². The molecule has 3 aromatic rings. The number of nitrogens with zero attached hydrogens (tertiary/aromatic N) is 3. The van der Waals surface area contributed by atoms with Crippen LogP contribution < -0.4 is 9.64 Å². The van der Waals surface area contributed by atoms with Gasteiger partial charge in [0.1, 0.15) is 5.82 Å². The highest BCUT2D eigenvalue weighted by Crippen LogP contribution is 2.33. The maximum atomic E-state index is 14.7. The van der Waals surface area contributed by atoms with Crippen molar-refractivity contribution in [2.75, 3.05) is 24.5 Å². The first-order valence-corrected chi connectivity index (χ1v) is 11.1. The molecule has 2 aliphatic heterocycles. The summed E-state index contributed by atoms with van der Waals surface area (Å²) >= 11 is 0. The van der Waals surface area contributed by atoms with Crippen LogP contribution in [0.5, 0.6) is 5.88 Å². The largest absolute Gasteiger partial charge is 0.466 e. The number of pyridine rings is 1. The Hall–Kier alpha value is -3.62. The average Bonchev–Trinajstić information content (AvgIpc) is 3.26. The molecule has 0 unspecified atom stereocenters. The van der Waals surface area contributed by atoms with Gasteiger partial charge in [0.25, 0.3) is 11.8 Å². The molecule has 0 saturated carbocycles. The van der Waals surface area contributed by atoms with E-state index in [1.54, 1.807) is 18.2 Å². The van der Waals surface area contributed by atoms with Gasteiger partial charge in [0, 0.05) is 43.1 Å². The number of carbonyl (C=O) groups excluding carboxylic acids is 2. The number of benzene rings is 2. The molecule has 34 heavy (non-hydrogen) atoms. The Kier molecular flexibility index (Phi) is 5.63. The summed E-state index contributed by atoms with van der Waals surface area (Å²) in [7, 11) is 0. The van der Waals surface area contributed by atoms with Crippen molar-refractivity contribution >= 4 is 28.4 Å². The Morgan fingerprint density at radius 3 is 2.71 bits per heavy atom. The molecule has 6 nitrogen and oxygen atoms in total. The van der Waals surface area contributed by atoms with E-state index in [1.807, 2.05) is 12.1 Å². The Morgan fingerprint density at radius 1 is 1.09 bits per heavy atom. The zero-order chi connectivity index (χ0) is 23.9. The van der Waals surface area contributed by atoms with Gasteiger partial charge in [-0.15, -0.1) is 0 Å². The lowest BCUT2D eigenvalue weighted by Gasteiger charge is -2.38.